The Morgan fingerprint density at radius 1 is 1.67 bits per heavy atom. The highest BCUT2D eigenvalue weighted by Gasteiger charge is 2.42. The number of carbonyl (C=O) groups excluding carboxylic acids is 1. The standard InChI is InChI=1S/C11H16N2OS/c1-13(8-11(7-12)4-5-11)10(14)9-3-2-6-15-9/h2-3,6H,4-5,7-8,12H2,1H3. The van der Waals surface area contributed by atoms with E-state index in [4.69, 9.17) is 5.73 Å². The van der Waals surface area contributed by atoms with Crippen molar-refractivity contribution in [2.24, 2.45) is 11.1 Å². The van der Waals surface area contributed by atoms with Crippen molar-refractivity contribution in [2.45, 2.75) is 12.8 Å². The topological polar surface area (TPSA) is 46.3 Å². The molecule has 1 aromatic heterocycles. The predicted molar refractivity (Wildman–Crippen MR) is 62.0 cm³/mol. The van der Waals surface area contributed by atoms with Crippen LogP contribution in [0.5, 0.6) is 0 Å². The molecule has 1 fully saturated rings. The monoisotopic (exact) mass is 224 g/mol. The van der Waals surface area contributed by atoms with Crippen molar-refractivity contribution in [1.82, 2.24) is 4.90 Å². The van der Waals surface area contributed by atoms with Gasteiger partial charge in [-0.1, -0.05) is 6.07 Å². The van der Waals surface area contributed by atoms with E-state index >= 15 is 0 Å². The van der Waals surface area contributed by atoms with E-state index in [2.05, 4.69) is 0 Å². The largest absolute Gasteiger partial charge is 0.340 e. The fourth-order valence-electron chi connectivity index (χ4n) is 1.77. The zero-order valence-electron chi connectivity index (χ0n) is 8.90. The quantitative estimate of drug-likeness (QED) is 0.843. The van der Waals surface area contributed by atoms with Gasteiger partial charge in [-0.25, -0.2) is 0 Å². The Balaban J connectivity index is 1.97. The van der Waals surface area contributed by atoms with Gasteiger partial charge in [0.05, 0.1) is 4.88 Å². The van der Waals surface area contributed by atoms with Crippen LogP contribution in [-0.4, -0.2) is 30.9 Å². The van der Waals surface area contributed by atoms with Crippen LogP contribution in [0.25, 0.3) is 0 Å². The lowest BCUT2D eigenvalue weighted by Gasteiger charge is -2.22. The van der Waals surface area contributed by atoms with Crippen molar-refractivity contribution in [3.8, 4) is 0 Å². The second-order valence-electron chi connectivity index (χ2n) is 4.34. The van der Waals surface area contributed by atoms with Crippen molar-refractivity contribution in [2.75, 3.05) is 20.1 Å². The smallest absolute Gasteiger partial charge is 0.263 e. The number of hydrogen-bond donors (Lipinski definition) is 1. The fourth-order valence-corrected chi connectivity index (χ4v) is 2.48. The first-order chi connectivity index (χ1) is 7.17. The van der Waals surface area contributed by atoms with Crippen LogP contribution in [0.2, 0.25) is 0 Å². The molecule has 1 aromatic rings. The summed E-state index contributed by atoms with van der Waals surface area (Å²) in [6, 6.07) is 3.77. The maximum Gasteiger partial charge on any atom is 0.263 e. The number of nitrogens with zero attached hydrogens (tertiary/aromatic N) is 1. The molecule has 0 radical (unpaired) electrons. The Morgan fingerprint density at radius 3 is 2.87 bits per heavy atom. The summed E-state index contributed by atoms with van der Waals surface area (Å²) in [7, 11) is 1.86. The van der Waals surface area contributed by atoms with Crippen LogP contribution >= 0.6 is 11.3 Å². The highest BCUT2D eigenvalue weighted by Crippen LogP contribution is 2.45. The molecule has 15 heavy (non-hydrogen) atoms. The summed E-state index contributed by atoms with van der Waals surface area (Å²) in [5.74, 6) is 0.115. The van der Waals surface area contributed by atoms with Crippen LogP contribution < -0.4 is 5.73 Å². The van der Waals surface area contributed by atoms with E-state index in [0.717, 1.165) is 24.3 Å². The Hall–Kier alpha value is -0.870. The van der Waals surface area contributed by atoms with Crippen LogP contribution in [-0.2, 0) is 0 Å². The van der Waals surface area contributed by atoms with Crippen molar-refractivity contribution in [3.05, 3.63) is 22.4 Å². The minimum atomic E-state index is 0.115. The van der Waals surface area contributed by atoms with Gasteiger partial charge >= 0.3 is 0 Å². The van der Waals surface area contributed by atoms with Crippen molar-refractivity contribution in [3.63, 3.8) is 0 Å². The van der Waals surface area contributed by atoms with E-state index in [1.807, 2.05) is 24.6 Å². The summed E-state index contributed by atoms with van der Waals surface area (Å²) >= 11 is 1.49. The number of nitrogens with two attached hydrogens (primary N) is 1. The Bertz CT molecular complexity index is 343. The summed E-state index contributed by atoms with van der Waals surface area (Å²) in [6.45, 7) is 1.48. The van der Waals surface area contributed by atoms with E-state index in [0.29, 0.717) is 6.54 Å². The van der Waals surface area contributed by atoms with Gasteiger partial charge in [-0.3, -0.25) is 4.79 Å². The molecule has 2 rings (SSSR count). The molecule has 4 heteroatoms. The van der Waals surface area contributed by atoms with Crippen LogP contribution in [0.3, 0.4) is 0 Å². The molecule has 0 spiro atoms. The summed E-state index contributed by atoms with van der Waals surface area (Å²) in [5, 5.41) is 1.93. The molecule has 82 valence electrons. The van der Waals surface area contributed by atoms with Gasteiger partial charge in [0.1, 0.15) is 0 Å². The Kier molecular flexibility index (Phi) is 2.80. The maximum absolute atomic E-state index is 11.9. The van der Waals surface area contributed by atoms with E-state index in [-0.39, 0.29) is 11.3 Å². The number of amides is 1. The predicted octanol–water partition coefficient (Wildman–Crippen LogP) is 1.56. The molecule has 0 unspecified atom stereocenters. The number of carbonyl (C=O) groups is 1. The first-order valence-electron chi connectivity index (χ1n) is 5.16. The molecule has 0 bridgehead atoms. The SMILES string of the molecule is CN(CC1(CN)CC1)C(=O)c1cccs1. The molecule has 1 aliphatic carbocycles. The van der Waals surface area contributed by atoms with Gasteiger partial charge in [-0.2, -0.15) is 0 Å². The minimum absolute atomic E-state index is 0.115. The summed E-state index contributed by atoms with van der Waals surface area (Å²) < 4.78 is 0. The first-order valence-corrected chi connectivity index (χ1v) is 6.04. The highest BCUT2D eigenvalue weighted by atomic mass is 32.1. The molecule has 0 saturated heterocycles. The molecule has 3 nitrogen and oxygen atoms in total. The highest BCUT2D eigenvalue weighted by molar-refractivity contribution is 7.12. The molecular weight excluding hydrogens is 208 g/mol. The number of thiophene rings is 1. The summed E-state index contributed by atoms with van der Waals surface area (Å²) in [6.07, 6.45) is 2.32. The molecule has 0 atom stereocenters. The van der Waals surface area contributed by atoms with Gasteiger partial charge in [0.15, 0.2) is 0 Å². The molecule has 0 aliphatic heterocycles. The van der Waals surface area contributed by atoms with E-state index in [1.54, 1.807) is 4.90 Å². The van der Waals surface area contributed by atoms with Crippen molar-refractivity contribution >= 4 is 17.2 Å². The van der Waals surface area contributed by atoms with Gasteiger partial charge < -0.3 is 10.6 Å². The number of hydrogen-bond acceptors (Lipinski definition) is 3. The normalized spacial score (nSPS) is 17.5. The average Bonchev–Trinajstić information content (AvgIpc) is 2.81. The average molecular weight is 224 g/mol. The molecular formula is C11H16N2OS. The third kappa shape index (κ3) is 2.21. The fraction of sp³-hybridized carbons (Fsp3) is 0.545. The second-order valence-corrected chi connectivity index (χ2v) is 5.29. The maximum atomic E-state index is 11.9. The van der Waals surface area contributed by atoms with Gasteiger partial charge in [0, 0.05) is 19.0 Å². The summed E-state index contributed by atoms with van der Waals surface area (Å²) in [5.41, 5.74) is 5.92. The third-order valence-electron chi connectivity index (χ3n) is 3.04. The minimum Gasteiger partial charge on any atom is -0.340 e. The Morgan fingerprint density at radius 2 is 2.40 bits per heavy atom. The Labute approximate surface area is 93.9 Å². The van der Waals surface area contributed by atoms with E-state index in [9.17, 15) is 4.79 Å². The zero-order valence-corrected chi connectivity index (χ0v) is 9.72. The van der Waals surface area contributed by atoms with Crippen LogP contribution in [0, 0.1) is 5.41 Å². The molecule has 2 N–H and O–H groups in total. The third-order valence-corrected chi connectivity index (χ3v) is 3.90. The van der Waals surface area contributed by atoms with E-state index < -0.39 is 0 Å². The van der Waals surface area contributed by atoms with Gasteiger partial charge in [0.25, 0.3) is 5.91 Å². The van der Waals surface area contributed by atoms with Crippen LogP contribution in [0.1, 0.15) is 22.5 Å². The molecule has 1 aliphatic rings. The second kappa shape index (κ2) is 3.94. The van der Waals surface area contributed by atoms with Crippen LogP contribution in [0.4, 0.5) is 0 Å². The lowest BCUT2D eigenvalue weighted by atomic mass is 10.1. The number of rotatable bonds is 4. The lowest BCUT2D eigenvalue weighted by Crippen LogP contribution is -2.35. The van der Waals surface area contributed by atoms with Gasteiger partial charge in [0.2, 0.25) is 0 Å². The zero-order chi connectivity index (χ0) is 10.9. The lowest BCUT2D eigenvalue weighted by molar-refractivity contribution is 0.0771. The first kappa shape index (κ1) is 10.6. The van der Waals surface area contributed by atoms with Gasteiger partial charge in [-0.15, -0.1) is 11.3 Å². The molecule has 1 amide bonds. The summed E-state index contributed by atoms with van der Waals surface area (Å²) in [4.78, 5) is 14.5. The molecule has 1 saturated carbocycles. The van der Waals surface area contributed by atoms with E-state index in [1.165, 1.54) is 11.3 Å². The molecule has 0 aromatic carbocycles. The van der Waals surface area contributed by atoms with Crippen molar-refractivity contribution < 1.29 is 4.79 Å². The van der Waals surface area contributed by atoms with Crippen molar-refractivity contribution in [1.29, 1.82) is 0 Å². The van der Waals surface area contributed by atoms with Gasteiger partial charge in [-0.05, 0) is 30.8 Å². The van der Waals surface area contributed by atoms with Crippen LogP contribution in [0.15, 0.2) is 17.5 Å². The molecule has 1 heterocycles.